The van der Waals surface area contributed by atoms with E-state index in [0.717, 1.165) is 40.2 Å². The van der Waals surface area contributed by atoms with E-state index in [1.165, 1.54) is 5.56 Å². The predicted molar refractivity (Wildman–Crippen MR) is 90.8 cm³/mol. The van der Waals surface area contributed by atoms with Crippen LogP contribution in [0.2, 0.25) is 0 Å². The van der Waals surface area contributed by atoms with Gasteiger partial charge in [-0.2, -0.15) is 0 Å². The van der Waals surface area contributed by atoms with Crippen molar-refractivity contribution in [3.8, 4) is 5.75 Å². The van der Waals surface area contributed by atoms with Crippen molar-refractivity contribution in [1.29, 1.82) is 0 Å². The lowest BCUT2D eigenvalue weighted by Crippen LogP contribution is -2.10. The Hall–Kier alpha value is -1.66. The van der Waals surface area contributed by atoms with Gasteiger partial charge in [0.05, 0.1) is 6.61 Å². The molecule has 0 spiro atoms. The van der Waals surface area contributed by atoms with Crippen molar-refractivity contribution in [2.24, 2.45) is 5.73 Å². The summed E-state index contributed by atoms with van der Waals surface area (Å²) < 4.78 is 6.78. The van der Waals surface area contributed by atoms with Gasteiger partial charge in [-0.25, -0.2) is 4.98 Å². The van der Waals surface area contributed by atoms with Crippen LogP contribution in [0.25, 0.3) is 0 Å². The van der Waals surface area contributed by atoms with Gasteiger partial charge in [0.1, 0.15) is 16.6 Å². The lowest BCUT2D eigenvalue weighted by atomic mass is 10.1. The standard InChI is InChI=1S/C15H14BrN3OS/c16-12-5-9-2-4-20-14(9)11(6-12)8-19-13-7-10(15(17)21)1-3-18-13/h1,3,5-7H,2,4,8H2,(H2,17,21)(H,18,19). The van der Waals surface area contributed by atoms with Crippen molar-refractivity contribution in [2.75, 3.05) is 11.9 Å². The fraction of sp³-hybridized carbons (Fsp3) is 0.200. The fourth-order valence-electron chi connectivity index (χ4n) is 2.34. The van der Waals surface area contributed by atoms with Crippen LogP contribution in [0, 0.1) is 0 Å². The molecule has 3 rings (SSSR count). The van der Waals surface area contributed by atoms with Gasteiger partial charge < -0.3 is 15.8 Å². The Kier molecular flexibility index (Phi) is 4.07. The molecule has 1 aliphatic rings. The molecule has 3 N–H and O–H groups in total. The van der Waals surface area contributed by atoms with Gasteiger partial charge in [-0.15, -0.1) is 0 Å². The third-order valence-electron chi connectivity index (χ3n) is 3.33. The third-order valence-corrected chi connectivity index (χ3v) is 4.02. The van der Waals surface area contributed by atoms with Crippen LogP contribution in [-0.2, 0) is 13.0 Å². The number of nitrogens with one attached hydrogen (secondary N) is 1. The second-order valence-corrected chi connectivity index (χ2v) is 6.15. The Morgan fingerprint density at radius 1 is 1.43 bits per heavy atom. The van der Waals surface area contributed by atoms with Crippen LogP contribution in [-0.4, -0.2) is 16.6 Å². The first-order valence-corrected chi connectivity index (χ1v) is 7.77. The Bertz CT molecular complexity index is 705. The Morgan fingerprint density at radius 3 is 3.10 bits per heavy atom. The van der Waals surface area contributed by atoms with E-state index in [9.17, 15) is 0 Å². The van der Waals surface area contributed by atoms with Crippen molar-refractivity contribution in [1.82, 2.24) is 4.98 Å². The molecule has 1 aliphatic heterocycles. The molecule has 2 aromatic rings. The number of nitrogens with zero attached hydrogens (tertiary/aromatic N) is 1. The SMILES string of the molecule is NC(=S)c1ccnc(NCc2cc(Br)cc3c2OCC3)c1. The number of ether oxygens (including phenoxy) is 1. The molecule has 1 aromatic carbocycles. The molecule has 0 bridgehead atoms. The minimum Gasteiger partial charge on any atom is -0.493 e. The zero-order chi connectivity index (χ0) is 14.8. The Labute approximate surface area is 136 Å². The first kappa shape index (κ1) is 14.3. The first-order chi connectivity index (χ1) is 10.1. The van der Waals surface area contributed by atoms with Crippen molar-refractivity contribution >= 4 is 39.0 Å². The largest absolute Gasteiger partial charge is 0.493 e. The van der Waals surface area contributed by atoms with E-state index in [1.54, 1.807) is 12.3 Å². The van der Waals surface area contributed by atoms with Gasteiger partial charge in [-0.3, -0.25) is 0 Å². The van der Waals surface area contributed by atoms with Crippen molar-refractivity contribution < 1.29 is 4.74 Å². The number of rotatable bonds is 4. The van der Waals surface area contributed by atoms with E-state index in [0.29, 0.717) is 11.5 Å². The molecule has 0 saturated heterocycles. The van der Waals surface area contributed by atoms with Gasteiger partial charge in [0.2, 0.25) is 0 Å². The molecule has 6 heteroatoms. The number of aromatic nitrogens is 1. The van der Waals surface area contributed by atoms with Gasteiger partial charge in [0, 0.05) is 34.8 Å². The molecule has 0 unspecified atom stereocenters. The fourth-order valence-corrected chi connectivity index (χ4v) is 3.02. The summed E-state index contributed by atoms with van der Waals surface area (Å²) in [6.45, 7) is 1.38. The number of halogens is 1. The van der Waals surface area contributed by atoms with Gasteiger partial charge in [0.25, 0.3) is 0 Å². The Morgan fingerprint density at radius 2 is 2.29 bits per heavy atom. The number of anilines is 1. The predicted octanol–water partition coefficient (Wildman–Crippen LogP) is 3.03. The summed E-state index contributed by atoms with van der Waals surface area (Å²) in [5.41, 5.74) is 8.79. The zero-order valence-electron chi connectivity index (χ0n) is 11.2. The molecule has 108 valence electrons. The highest BCUT2D eigenvalue weighted by molar-refractivity contribution is 9.10. The van der Waals surface area contributed by atoms with E-state index in [-0.39, 0.29) is 0 Å². The van der Waals surface area contributed by atoms with Gasteiger partial charge in [-0.05, 0) is 29.8 Å². The Balaban J connectivity index is 1.79. The van der Waals surface area contributed by atoms with Gasteiger partial charge in [0.15, 0.2) is 0 Å². The van der Waals surface area contributed by atoms with Crippen LogP contribution in [0.1, 0.15) is 16.7 Å². The van der Waals surface area contributed by atoms with Gasteiger partial charge in [-0.1, -0.05) is 28.1 Å². The smallest absolute Gasteiger partial charge is 0.127 e. The lowest BCUT2D eigenvalue weighted by Gasteiger charge is -2.11. The van der Waals surface area contributed by atoms with Crippen LogP contribution in [0.4, 0.5) is 5.82 Å². The maximum atomic E-state index is 5.71. The maximum Gasteiger partial charge on any atom is 0.127 e. The minimum absolute atomic E-state index is 0.368. The molecule has 21 heavy (non-hydrogen) atoms. The van der Waals surface area contributed by atoms with Crippen LogP contribution in [0.3, 0.4) is 0 Å². The summed E-state index contributed by atoms with van der Waals surface area (Å²) in [5.74, 6) is 1.73. The molecule has 0 aliphatic carbocycles. The molecular formula is C15H14BrN3OS. The number of hydrogen-bond donors (Lipinski definition) is 2. The molecule has 0 atom stereocenters. The molecule has 0 saturated carbocycles. The van der Waals surface area contributed by atoms with E-state index < -0.39 is 0 Å². The average molecular weight is 364 g/mol. The van der Waals surface area contributed by atoms with Crippen molar-refractivity contribution in [3.63, 3.8) is 0 Å². The van der Waals surface area contributed by atoms with E-state index in [2.05, 4.69) is 38.4 Å². The number of benzene rings is 1. The molecule has 0 amide bonds. The van der Waals surface area contributed by atoms with Crippen LogP contribution in [0.5, 0.6) is 5.75 Å². The highest BCUT2D eigenvalue weighted by atomic mass is 79.9. The minimum atomic E-state index is 0.368. The normalized spacial score (nSPS) is 12.6. The van der Waals surface area contributed by atoms with E-state index in [4.69, 9.17) is 22.7 Å². The third kappa shape index (κ3) is 3.16. The van der Waals surface area contributed by atoms with Crippen LogP contribution in [0.15, 0.2) is 34.9 Å². The number of nitrogens with two attached hydrogens (primary N) is 1. The number of pyridine rings is 1. The second kappa shape index (κ2) is 5.99. The summed E-state index contributed by atoms with van der Waals surface area (Å²) in [6, 6.07) is 7.82. The molecule has 0 fully saturated rings. The first-order valence-electron chi connectivity index (χ1n) is 6.57. The summed E-state index contributed by atoms with van der Waals surface area (Å²) in [5, 5.41) is 3.29. The van der Waals surface area contributed by atoms with E-state index >= 15 is 0 Å². The van der Waals surface area contributed by atoms with Crippen LogP contribution < -0.4 is 15.8 Å². The molecule has 2 heterocycles. The highest BCUT2D eigenvalue weighted by Gasteiger charge is 2.17. The second-order valence-electron chi connectivity index (χ2n) is 4.80. The van der Waals surface area contributed by atoms with Crippen molar-refractivity contribution in [3.05, 3.63) is 51.6 Å². The quantitative estimate of drug-likeness (QED) is 0.817. The highest BCUT2D eigenvalue weighted by Crippen LogP contribution is 2.33. The number of thiocarbonyl (C=S) groups is 1. The summed E-state index contributed by atoms with van der Waals surface area (Å²) >= 11 is 8.52. The number of hydrogen-bond acceptors (Lipinski definition) is 4. The molecule has 4 nitrogen and oxygen atoms in total. The molecule has 0 radical (unpaired) electrons. The average Bonchev–Trinajstić information content (AvgIpc) is 2.93. The molecule has 1 aromatic heterocycles. The zero-order valence-corrected chi connectivity index (χ0v) is 13.6. The van der Waals surface area contributed by atoms with Crippen molar-refractivity contribution in [2.45, 2.75) is 13.0 Å². The summed E-state index contributed by atoms with van der Waals surface area (Å²) in [4.78, 5) is 4.64. The molecular weight excluding hydrogens is 350 g/mol. The van der Waals surface area contributed by atoms with Gasteiger partial charge >= 0.3 is 0 Å². The number of fused-ring (bicyclic) bond motifs is 1. The van der Waals surface area contributed by atoms with E-state index in [1.807, 2.05) is 6.07 Å². The lowest BCUT2D eigenvalue weighted by molar-refractivity contribution is 0.354. The topological polar surface area (TPSA) is 60.2 Å². The summed E-state index contributed by atoms with van der Waals surface area (Å²) in [6.07, 6.45) is 2.65. The monoisotopic (exact) mass is 363 g/mol. The maximum absolute atomic E-state index is 5.71. The summed E-state index contributed by atoms with van der Waals surface area (Å²) in [7, 11) is 0. The van der Waals surface area contributed by atoms with Crippen LogP contribution >= 0.6 is 28.1 Å².